The quantitative estimate of drug-likeness (QED) is 0.729. The van der Waals surface area contributed by atoms with Gasteiger partial charge in [0.2, 0.25) is 5.91 Å². The van der Waals surface area contributed by atoms with Crippen LogP contribution in [-0.2, 0) is 11.3 Å². The van der Waals surface area contributed by atoms with Crippen molar-refractivity contribution < 1.29 is 9.90 Å². The van der Waals surface area contributed by atoms with Crippen LogP contribution < -0.4 is 10.6 Å². The van der Waals surface area contributed by atoms with E-state index in [1.54, 1.807) is 11.3 Å². The first kappa shape index (κ1) is 14.2. The minimum atomic E-state index is -0.105. The lowest BCUT2D eigenvalue weighted by atomic mass is 10.0. The predicted molar refractivity (Wildman–Crippen MR) is 71.2 cm³/mol. The highest BCUT2D eigenvalue weighted by molar-refractivity contribution is 7.10. The number of aliphatic hydroxyl groups excluding tert-OH is 1. The Morgan fingerprint density at radius 1 is 1.53 bits per heavy atom. The van der Waals surface area contributed by atoms with Gasteiger partial charge in [-0.15, -0.1) is 11.3 Å². The molecule has 0 aliphatic heterocycles. The molecule has 0 radical (unpaired) electrons. The van der Waals surface area contributed by atoms with Gasteiger partial charge in [0.25, 0.3) is 0 Å². The molecule has 1 heterocycles. The first-order valence-corrected chi connectivity index (χ1v) is 6.52. The third kappa shape index (κ3) is 4.85. The van der Waals surface area contributed by atoms with Crippen LogP contribution in [-0.4, -0.2) is 23.2 Å². The molecular weight excluding hydrogens is 236 g/mol. The molecule has 96 valence electrons. The lowest BCUT2D eigenvalue weighted by Crippen LogP contribution is -2.39. The zero-order chi connectivity index (χ0) is 12.9. The average molecular weight is 256 g/mol. The van der Waals surface area contributed by atoms with Crippen LogP contribution >= 0.6 is 11.3 Å². The second kappa shape index (κ2) is 6.14. The number of aliphatic hydroxyl groups is 1. The summed E-state index contributed by atoms with van der Waals surface area (Å²) in [5.41, 5.74) is 0.765. The molecule has 0 aliphatic rings. The first-order chi connectivity index (χ1) is 7.94. The van der Waals surface area contributed by atoms with E-state index in [0.29, 0.717) is 13.0 Å². The Kier molecular flexibility index (Phi) is 5.11. The summed E-state index contributed by atoms with van der Waals surface area (Å²) in [6.07, 6.45) is 0.702. The van der Waals surface area contributed by atoms with Crippen LogP contribution in [0.4, 0.5) is 5.69 Å². The van der Waals surface area contributed by atoms with Gasteiger partial charge in [-0.25, -0.2) is 0 Å². The Hall–Kier alpha value is -0.910. The normalized spacial score (nSPS) is 11.5. The molecule has 4 nitrogen and oxygen atoms in total. The molecule has 1 rings (SSSR count). The van der Waals surface area contributed by atoms with Crippen molar-refractivity contribution in [2.24, 2.45) is 0 Å². The Labute approximate surface area is 106 Å². The Bertz CT molecular complexity index is 374. The lowest BCUT2D eigenvalue weighted by molar-refractivity contribution is -0.114. The van der Waals surface area contributed by atoms with Crippen molar-refractivity contribution in [3.8, 4) is 0 Å². The molecule has 0 atom stereocenters. The number of carbonyl (C=O) groups is 1. The van der Waals surface area contributed by atoms with E-state index in [2.05, 4.69) is 24.5 Å². The average Bonchev–Trinajstić information content (AvgIpc) is 2.61. The summed E-state index contributed by atoms with van der Waals surface area (Å²) in [7, 11) is 0. The molecule has 1 aromatic rings. The summed E-state index contributed by atoms with van der Waals surface area (Å²) in [5, 5.41) is 17.1. The predicted octanol–water partition coefficient (Wildman–Crippen LogP) is 1.96. The highest BCUT2D eigenvalue weighted by Crippen LogP contribution is 2.23. The summed E-state index contributed by atoms with van der Waals surface area (Å²) in [5.74, 6) is -0.0562. The monoisotopic (exact) mass is 256 g/mol. The number of rotatable bonds is 6. The van der Waals surface area contributed by atoms with E-state index < -0.39 is 0 Å². The van der Waals surface area contributed by atoms with Crippen molar-refractivity contribution in [1.29, 1.82) is 0 Å². The van der Waals surface area contributed by atoms with Crippen molar-refractivity contribution in [2.45, 2.75) is 39.3 Å². The summed E-state index contributed by atoms with van der Waals surface area (Å²) in [4.78, 5) is 12.1. The standard InChI is InChI=1S/C12H20N2O2S/c1-9(16)14-10-4-7-17-11(10)8-13-12(2,3)5-6-15/h4,7,13,15H,5-6,8H2,1-3H3,(H,14,16). The lowest BCUT2D eigenvalue weighted by Gasteiger charge is -2.25. The zero-order valence-electron chi connectivity index (χ0n) is 10.5. The van der Waals surface area contributed by atoms with Crippen LogP contribution in [0.1, 0.15) is 32.1 Å². The van der Waals surface area contributed by atoms with Crippen molar-refractivity contribution in [2.75, 3.05) is 11.9 Å². The van der Waals surface area contributed by atoms with Crippen molar-refractivity contribution in [3.05, 3.63) is 16.3 Å². The molecule has 0 aromatic carbocycles. The number of hydrogen-bond acceptors (Lipinski definition) is 4. The van der Waals surface area contributed by atoms with Gasteiger partial charge in [-0.2, -0.15) is 0 Å². The molecule has 5 heteroatoms. The molecule has 1 amide bonds. The van der Waals surface area contributed by atoms with Crippen LogP contribution in [0.5, 0.6) is 0 Å². The van der Waals surface area contributed by atoms with E-state index in [1.807, 2.05) is 11.4 Å². The van der Waals surface area contributed by atoms with E-state index in [1.165, 1.54) is 6.92 Å². The van der Waals surface area contributed by atoms with E-state index in [4.69, 9.17) is 5.11 Å². The van der Waals surface area contributed by atoms with Gasteiger partial charge in [-0.3, -0.25) is 4.79 Å². The van der Waals surface area contributed by atoms with E-state index in [-0.39, 0.29) is 18.1 Å². The summed E-state index contributed by atoms with van der Waals surface area (Å²) >= 11 is 1.61. The maximum atomic E-state index is 11.0. The summed E-state index contributed by atoms with van der Waals surface area (Å²) in [6, 6.07) is 1.90. The van der Waals surface area contributed by atoms with Gasteiger partial charge < -0.3 is 15.7 Å². The van der Waals surface area contributed by atoms with Gasteiger partial charge >= 0.3 is 0 Å². The molecule has 0 saturated heterocycles. The third-order valence-electron chi connectivity index (χ3n) is 2.52. The van der Waals surface area contributed by atoms with Crippen molar-refractivity contribution in [1.82, 2.24) is 5.32 Å². The fraction of sp³-hybridized carbons (Fsp3) is 0.583. The highest BCUT2D eigenvalue weighted by atomic mass is 32.1. The molecule has 0 saturated carbocycles. The second-order valence-corrected chi connectivity index (χ2v) is 5.65. The van der Waals surface area contributed by atoms with E-state index >= 15 is 0 Å². The van der Waals surface area contributed by atoms with E-state index in [9.17, 15) is 4.79 Å². The number of anilines is 1. The minimum Gasteiger partial charge on any atom is -0.396 e. The Balaban J connectivity index is 2.57. The van der Waals surface area contributed by atoms with Gasteiger partial charge in [0.05, 0.1) is 5.69 Å². The van der Waals surface area contributed by atoms with Gasteiger partial charge in [0.15, 0.2) is 0 Å². The van der Waals surface area contributed by atoms with Crippen LogP contribution in [0.25, 0.3) is 0 Å². The molecule has 3 N–H and O–H groups in total. The summed E-state index contributed by atoms with van der Waals surface area (Å²) in [6.45, 7) is 6.47. The van der Waals surface area contributed by atoms with Crippen LogP contribution in [0.15, 0.2) is 11.4 Å². The van der Waals surface area contributed by atoms with Crippen LogP contribution in [0.3, 0.4) is 0 Å². The van der Waals surface area contributed by atoms with Gasteiger partial charge in [-0.1, -0.05) is 0 Å². The molecule has 0 aliphatic carbocycles. The zero-order valence-corrected chi connectivity index (χ0v) is 11.4. The fourth-order valence-electron chi connectivity index (χ4n) is 1.47. The number of amides is 1. The van der Waals surface area contributed by atoms with Gasteiger partial charge in [0, 0.05) is 30.5 Å². The SMILES string of the molecule is CC(=O)Nc1ccsc1CNC(C)(C)CCO. The first-order valence-electron chi connectivity index (χ1n) is 5.64. The van der Waals surface area contributed by atoms with Crippen LogP contribution in [0, 0.1) is 0 Å². The molecule has 1 aromatic heterocycles. The highest BCUT2D eigenvalue weighted by Gasteiger charge is 2.17. The minimum absolute atomic E-state index is 0.0562. The largest absolute Gasteiger partial charge is 0.396 e. The third-order valence-corrected chi connectivity index (χ3v) is 3.44. The number of nitrogens with one attached hydrogen (secondary N) is 2. The smallest absolute Gasteiger partial charge is 0.221 e. The van der Waals surface area contributed by atoms with Gasteiger partial charge in [-0.05, 0) is 31.7 Å². The van der Waals surface area contributed by atoms with Crippen molar-refractivity contribution >= 4 is 22.9 Å². The summed E-state index contributed by atoms with van der Waals surface area (Å²) < 4.78 is 0. The Morgan fingerprint density at radius 2 is 2.24 bits per heavy atom. The number of carbonyl (C=O) groups excluding carboxylic acids is 1. The van der Waals surface area contributed by atoms with E-state index in [0.717, 1.165) is 10.6 Å². The molecular formula is C12H20N2O2S. The topological polar surface area (TPSA) is 61.4 Å². The molecule has 0 unspecified atom stereocenters. The maximum absolute atomic E-state index is 11.0. The molecule has 0 bridgehead atoms. The van der Waals surface area contributed by atoms with Crippen LogP contribution in [0.2, 0.25) is 0 Å². The fourth-order valence-corrected chi connectivity index (χ4v) is 2.24. The van der Waals surface area contributed by atoms with Gasteiger partial charge in [0.1, 0.15) is 0 Å². The molecule has 0 spiro atoms. The van der Waals surface area contributed by atoms with Crippen molar-refractivity contribution in [3.63, 3.8) is 0 Å². The second-order valence-electron chi connectivity index (χ2n) is 4.65. The number of thiophene rings is 1. The molecule has 0 fully saturated rings. The number of hydrogen-bond donors (Lipinski definition) is 3. The Morgan fingerprint density at radius 3 is 2.82 bits per heavy atom. The maximum Gasteiger partial charge on any atom is 0.221 e. The molecule has 17 heavy (non-hydrogen) atoms.